The number of fused-ring (bicyclic) bond motifs is 1. The summed E-state index contributed by atoms with van der Waals surface area (Å²) in [5.74, 6) is 0. The van der Waals surface area contributed by atoms with Crippen molar-refractivity contribution in [2.75, 3.05) is 0 Å². The quantitative estimate of drug-likeness (QED) is 0.346. The molecule has 29 heavy (non-hydrogen) atoms. The van der Waals surface area contributed by atoms with Gasteiger partial charge >= 0.3 is 8.80 Å². The molecule has 162 valence electrons. The van der Waals surface area contributed by atoms with E-state index in [1.807, 2.05) is 105 Å². The van der Waals surface area contributed by atoms with Gasteiger partial charge in [0, 0.05) is 5.19 Å². The predicted octanol–water partition coefficient (Wildman–Crippen LogP) is 5.23. The van der Waals surface area contributed by atoms with Crippen LogP contribution in [0.2, 0.25) is 0 Å². The zero-order valence-corrected chi connectivity index (χ0v) is 20.0. The lowest BCUT2D eigenvalue weighted by Crippen LogP contribution is -2.59. The molecule has 6 nitrogen and oxygen atoms in total. The summed E-state index contributed by atoms with van der Waals surface area (Å²) in [5, 5.41) is 2.61. The number of hydrogen-bond donors (Lipinski definition) is 0. The van der Waals surface area contributed by atoms with Crippen LogP contribution in [0, 0.1) is 0 Å². The molecule has 7 heteroatoms. The fourth-order valence-electron chi connectivity index (χ4n) is 2.21. The minimum atomic E-state index is -3.83. The standard InChI is InChI=1S/C22H34O6Si/c1-20(2,3)23-26-29(27-24-21(4,5)6,28-25-22(7,8)9)19-16-12-14-17-13-10-11-15-18(17)19/h10-16H,1-9H3. The highest BCUT2D eigenvalue weighted by Gasteiger charge is 2.53. The van der Waals surface area contributed by atoms with Gasteiger partial charge < -0.3 is 0 Å². The molecule has 0 saturated heterocycles. The first-order valence-electron chi connectivity index (χ1n) is 9.80. The normalized spacial score (nSPS) is 13.8. The van der Waals surface area contributed by atoms with Crippen LogP contribution in [0.15, 0.2) is 42.5 Å². The molecular formula is C22H34O6Si. The third-order valence-corrected chi connectivity index (χ3v) is 5.33. The van der Waals surface area contributed by atoms with Crippen LogP contribution >= 0.6 is 0 Å². The first-order valence-corrected chi connectivity index (χ1v) is 11.5. The predicted molar refractivity (Wildman–Crippen MR) is 115 cm³/mol. The number of rotatable bonds is 7. The molecule has 0 spiro atoms. The molecule has 0 unspecified atom stereocenters. The Morgan fingerprint density at radius 3 is 1.41 bits per heavy atom. The molecule has 0 heterocycles. The third-order valence-electron chi connectivity index (χ3n) is 3.32. The summed E-state index contributed by atoms with van der Waals surface area (Å²) in [7, 11) is -3.83. The van der Waals surface area contributed by atoms with E-state index in [9.17, 15) is 0 Å². The average molecular weight is 423 g/mol. The fourth-order valence-corrected chi connectivity index (χ4v) is 4.50. The molecule has 2 rings (SSSR count). The van der Waals surface area contributed by atoms with Gasteiger partial charge in [-0.05, 0) is 73.1 Å². The van der Waals surface area contributed by atoms with Crippen LogP contribution in [-0.4, -0.2) is 25.6 Å². The van der Waals surface area contributed by atoms with Crippen molar-refractivity contribution in [2.45, 2.75) is 79.1 Å². The Balaban J connectivity index is 2.60. The van der Waals surface area contributed by atoms with Gasteiger partial charge in [0.1, 0.15) is 0 Å². The van der Waals surface area contributed by atoms with E-state index in [0.717, 1.165) is 10.8 Å². The Labute approximate surface area is 175 Å². The summed E-state index contributed by atoms with van der Waals surface area (Å²) in [6, 6.07) is 13.7. The molecule has 0 bridgehead atoms. The summed E-state index contributed by atoms with van der Waals surface area (Å²) in [6.45, 7) is 16.9. The zero-order valence-electron chi connectivity index (χ0n) is 19.0. The van der Waals surface area contributed by atoms with Gasteiger partial charge in [0.15, 0.2) is 0 Å². The van der Waals surface area contributed by atoms with Crippen LogP contribution in [0.25, 0.3) is 10.8 Å². The van der Waals surface area contributed by atoms with E-state index >= 15 is 0 Å². The highest BCUT2D eigenvalue weighted by molar-refractivity contribution is 6.77. The molecule has 0 amide bonds. The lowest BCUT2D eigenvalue weighted by Gasteiger charge is -2.33. The van der Waals surface area contributed by atoms with Crippen molar-refractivity contribution >= 4 is 24.8 Å². The van der Waals surface area contributed by atoms with Gasteiger partial charge in [-0.15, -0.1) is 0 Å². The molecule has 2 aromatic carbocycles. The molecule has 0 aliphatic rings. The minimum absolute atomic E-state index is 0.598. The van der Waals surface area contributed by atoms with E-state index in [0.29, 0.717) is 5.19 Å². The lowest BCUT2D eigenvalue weighted by molar-refractivity contribution is -0.405. The number of benzene rings is 2. The average Bonchev–Trinajstić information content (AvgIpc) is 2.59. The van der Waals surface area contributed by atoms with Gasteiger partial charge in [0.25, 0.3) is 0 Å². The van der Waals surface area contributed by atoms with Crippen LogP contribution in [0.1, 0.15) is 62.3 Å². The van der Waals surface area contributed by atoms with E-state index in [1.54, 1.807) is 0 Å². The van der Waals surface area contributed by atoms with E-state index in [-0.39, 0.29) is 0 Å². The Hall–Kier alpha value is -1.32. The van der Waals surface area contributed by atoms with Gasteiger partial charge in [-0.3, -0.25) is 0 Å². The Morgan fingerprint density at radius 2 is 0.966 bits per heavy atom. The molecule has 0 fully saturated rings. The van der Waals surface area contributed by atoms with Gasteiger partial charge in [0.2, 0.25) is 0 Å². The third kappa shape index (κ3) is 7.46. The monoisotopic (exact) mass is 422 g/mol. The van der Waals surface area contributed by atoms with Crippen molar-refractivity contribution in [3.63, 3.8) is 0 Å². The lowest BCUT2D eigenvalue weighted by atomic mass is 10.1. The maximum absolute atomic E-state index is 5.92. The largest absolute Gasteiger partial charge is 0.621 e. The van der Waals surface area contributed by atoms with Crippen molar-refractivity contribution in [3.8, 4) is 0 Å². The van der Waals surface area contributed by atoms with Gasteiger partial charge in [-0.25, -0.2) is 28.4 Å². The van der Waals surface area contributed by atoms with Crippen LogP contribution in [0.5, 0.6) is 0 Å². The SMILES string of the molecule is CC(C)(C)OO[Si](OOC(C)(C)C)(OOC(C)(C)C)c1cccc2ccccc12. The topological polar surface area (TPSA) is 55.4 Å². The van der Waals surface area contributed by atoms with Gasteiger partial charge in [-0.2, -0.15) is 0 Å². The molecule has 0 aromatic heterocycles. The summed E-state index contributed by atoms with van der Waals surface area (Å²) in [4.78, 5) is 17.0. The molecule has 0 saturated carbocycles. The Kier molecular flexibility index (Phi) is 7.28. The van der Waals surface area contributed by atoms with E-state index in [1.165, 1.54) is 0 Å². The molecule has 0 N–H and O–H groups in total. The summed E-state index contributed by atoms with van der Waals surface area (Å²) < 4.78 is 17.8. The number of hydrogen-bond acceptors (Lipinski definition) is 6. The maximum atomic E-state index is 5.92. The highest BCUT2D eigenvalue weighted by Crippen LogP contribution is 2.25. The highest BCUT2D eigenvalue weighted by atomic mass is 28.4. The van der Waals surface area contributed by atoms with E-state index < -0.39 is 25.6 Å². The molecule has 0 atom stereocenters. The second-order valence-electron chi connectivity index (χ2n) is 9.92. The van der Waals surface area contributed by atoms with E-state index in [2.05, 4.69) is 0 Å². The molecule has 0 radical (unpaired) electrons. The Bertz CT molecular complexity index is 750. The van der Waals surface area contributed by atoms with Gasteiger partial charge in [-0.1, -0.05) is 42.5 Å². The van der Waals surface area contributed by atoms with Crippen molar-refractivity contribution in [1.29, 1.82) is 0 Å². The van der Waals surface area contributed by atoms with Crippen LogP contribution in [0.4, 0.5) is 0 Å². The summed E-state index contributed by atoms with van der Waals surface area (Å²) >= 11 is 0. The first-order chi connectivity index (χ1) is 13.2. The Morgan fingerprint density at radius 1 is 0.552 bits per heavy atom. The van der Waals surface area contributed by atoms with Crippen LogP contribution in [0.3, 0.4) is 0 Å². The summed E-state index contributed by atoms with van der Waals surface area (Å²) in [5.41, 5.74) is -1.79. The molecule has 2 aromatic rings. The molecule has 0 aliphatic carbocycles. The smallest absolute Gasteiger partial charge is 0.237 e. The summed E-state index contributed by atoms with van der Waals surface area (Å²) in [6.07, 6.45) is 0. The van der Waals surface area contributed by atoms with Crippen LogP contribution in [-0.2, 0) is 28.4 Å². The first kappa shape index (κ1) is 24.0. The van der Waals surface area contributed by atoms with E-state index in [4.69, 9.17) is 28.4 Å². The minimum Gasteiger partial charge on any atom is -0.237 e. The second kappa shape index (κ2) is 8.81. The van der Waals surface area contributed by atoms with Gasteiger partial charge in [0.05, 0.1) is 16.8 Å². The van der Waals surface area contributed by atoms with Crippen molar-refractivity contribution in [1.82, 2.24) is 0 Å². The molecular weight excluding hydrogens is 388 g/mol. The fraction of sp³-hybridized carbons (Fsp3) is 0.545. The van der Waals surface area contributed by atoms with Crippen molar-refractivity contribution < 1.29 is 28.4 Å². The maximum Gasteiger partial charge on any atom is 0.621 e. The second-order valence-corrected chi connectivity index (χ2v) is 12.1. The zero-order chi connectivity index (χ0) is 21.9. The van der Waals surface area contributed by atoms with Crippen molar-refractivity contribution in [3.05, 3.63) is 42.5 Å². The van der Waals surface area contributed by atoms with Crippen LogP contribution < -0.4 is 5.19 Å². The molecule has 0 aliphatic heterocycles. The van der Waals surface area contributed by atoms with Crippen molar-refractivity contribution in [2.24, 2.45) is 0 Å².